The first-order valence-electron chi connectivity index (χ1n) is 5.79. The van der Waals surface area contributed by atoms with Crippen molar-refractivity contribution >= 4 is 5.91 Å². The van der Waals surface area contributed by atoms with E-state index < -0.39 is 6.10 Å². The van der Waals surface area contributed by atoms with Crippen LogP contribution in [0.2, 0.25) is 0 Å². The highest BCUT2D eigenvalue weighted by Crippen LogP contribution is 2.12. The van der Waals surface area contributed by atoms with Crippen LogP contribution in [0.1, 0.15) is 31.1 Å². The van der Waals surface area contributed by atoms with E-state index in [1.165, 1.54) is 0 Å². The maximum atomic E-state index is 11.5. The maximum absolute atomic E-state index is 11.5. The van der Waals surface area contributed by atoms with Crippen molar-refractivity contribution in [3.63, 3.8) is 0 Å². The van der Waals surface area contributed by atoms with Crippen LogP contribution in [0.25, 0.3) is 0 Å². The molecule has 0 fully saturated rings. The molecule has 2 atom stereocenters. The molecular weight excluding hydrogens is 216 g/mol. The van der Waals surface area contributed by atoms with Gasteiger partial charge in [-0.15, -0.1) is 0 Å². The van der Waals surface area contributed by atoms with Crippen LogP contribution in [-0.4, -0.2) is 17.6 Å². The molecular formula is C13H20N2O2. The summed E-state index contributed by atoms with van der Waals surface area (Å²) in [5.41, 5.74) is 7.28. The van der Waals surface area contributed by atoms with Crippen molar-refractivity contribution in [2.75, 3.05) is 6.54 Å². The average molecular weight is 236 g/mol. The Morgan fingerprint density at radius 2 is 1.94 bits per heavy atom. The molecule has 4 N–H and O–H groups in total. The van der Waals surface area contributed by atoms with E-state index >= 15 is 0 Å². The van der Waals surface area contributed by atoms with Crippen LogP contribution in [0.15, 0.2) is 24.3 Å². The summed E-state index contributed by atoms with van der Waals surface area (Å²) < 4.78 is 0. The van der Waals surface area contributed by atoms with Crippen LogP contribution in [-0.2, 0) is 11.3 Å². The van der Waals surface area contributed by atoms with E-state index in [-0.39, 0.29) is 11.8 Å². The van der Waals surface area contributed by atoms with Gasteiger partial charge in [-0.25, -0.2) is 0 Å². The molecule has 0 bridgehead atoms. The minimum Gasteiger partial charge on any atom is -0.389 e. The normalized spacial score (nSPS) is 14.1. The lowest BCUT2D eigenvalue weighted by atomic mass is 10.1. The quantitative estimate of drug-likeness (QED) is 0.712. The Morgan fingerprint density at radius 3 is 2.41 bits per heavy atom. The second kappa shape index (κ2) is 6.37. The van der Waals surface area contributed by atoms with Crippen LogP contribution in [0.5, 0.6) is 0 Å². The van der Waals surface area contributed by atoms with Crippen LogP contribution >= 0.6 is 0 Å². The number of hydrogen-bond acceptors (Lipinski definition) is 3. The first kappa shape index (κ1) is 13.7. The predicted octanol–water partition coefficient (Wildman–Crippen LogP) is 0.951. The van der Waals surface area contributed by atoms with Crippen molar-refractivity contribution in [1.82, 2.24) is 5.32 Å². The van der Waals surface area contributed by atoms with Gasteiger partial charge in [0.25, 0.3) is 0 Å². The number of amides is 1. The Bertz CT molecular complexity index is 360. The molecule has 0 spiro atoms. The molecule has 4 heteroatoms. The Morgan fingerprint density at radius 1 is 1.35 bits per heavy atom. The molecule has 4 nitrogen and oxygen atoms in total. The summed E-state index contributed by atoms with van der Waals surface area (Å²) in [6.45, 7) is 4.36. The molecule has 1 amide bonds. The van der Waals surface area contributed by atoms with Crippen molar-refractivity contribution in [2.45, 2.75) is 26.5 Å². The minimum absolute atomic E-state index is 0.0351. The van der Waals surface area contributed by atoms with Gasteiger partial charge in [0.05, 0.1) is 6.10 Å². The zero-order chi connectivity index (χ0) is 12.8. The highest BCUT2D eigenvalue weighted by molar-refractivity contribution is 5.78. The number of aliphatic hydroxyl groups excluding tert-OH is 1. The highest BCUT2D eigenvalue weighted by Gasteiger charge is 2.09. The van der Waals surface area contributed by atoms with Gasteiger partial charge in [-0.2, -0.15) is 0 Å². The van der Waals surface area contributed by atoms with Crippen LogP contribution in [0, 0.1) is 5.92 Å². The molecule has 0 aliphatic rings. The van der Waals surface area contributed by atoms with Crippen LogP contribution in [0.4, 0.5) is 0 Å². The fourth-order valence-electron chi connectivity index (χ4n) is 1.38. The van der Waals surface area contributed by atoms with Gasteiger partial charge in [0.2, 0.25) is 5.91 Å². The molecule has 0 heterocycles. The lowest BCUT2D eigenvalue weighted by Crippen LogP contribution is -2.32. The lowest BCUT2D eigenvalue weighted by molar-refractivity contribution is -0.124. The average Bonchev–Trinajstić information content (AvgIpc) is 2.35. The van der Waals surface area contributed by atoms with Gasteiger partial charge in [-0.3, -0.25) is 4.79 Å². The van der Waals surface area contributed by atoms with Gasteiger partial charge >= 0.3 is 0 Å². The Kier molecular flexibility index (Phi) is 5.12. The molecule has 1 rings (SSSR count). The summed E-state index contributed by atoms with van der Waals surface area (Å²) in [4.78, 5) is 11.5. The summed E-state index contributed by atoms with van der Waals surface area (Å²) >= 11 is 0. The predicted molar refractivity (Wildman–Crippen MR) is 67.1 cm³/mol. The summed E-state index contributed by atoms with van der Waals surface area (Å²) in [6, 6.07) is 7.52. The summed E-state index contributed by atoms with van der Waals surface area (Å²) in [5, 5.41) is 12.2. The fourth-order valence-corrected chi connectivity index (χ4v) is 1.38. The Hall–Kier alpha value is -1.39. The Balaban J connectivity index is 2.50. The number of hydrogen-bond donors (Lipinski definition) is 3. The molecule has 1 aromatic carbocycles. The number of nitrogens with one attached hydrogen (secondary N) is 1. The molecule has 94 valence electrons. The van der Waals surface area contributed by atoms with Gasteiger partial charge in [0.1, 0.15) is 0 Å². The first-order valence-corrected chi connectivity index (χ1v) is 5.79. The van der Waals surface area contributed by atoms with Crippen molar-refractivity contribution in [2.24, 2.45) is 11.7 Å². The summed E-state index contributed by atoms with van der Waals surface area (Å²) in [7, 11) is 0. The number of carbonyl (C=O) groups excluding carboxylic acids is 1. The molecule has 0 aromatic heterocycles. The SMILES string of the molecule is CC(CN)C(=O)NCc1ccc(C(C)O)cc1. The van der Waals surface area contributed by atoms with E-state index in [9.17, 15) is 9.90 Å². The van der Waals surface area contributed by atoms with Gasteiger partial charge < -0.3 is 16.2 Å². The number of rotatable bonds is 5. The molecule has 0 saturated carbocycles. The third-order valence-electron chi connectivity index (χ3n) is 2.73. The van der Waals surface area contributed by atoms with Crippen molar-refractivity contribution in [3.8, 4) is 0 Å². The number of nitrogens with two attached hydrogens (primary N) is 1. The van der Waals surface area contributed by atoms with Crippen molar-refractivity contribution < 1.29 is 9.90 Å². The smallest absolute Gasteiger partial charge is 0.224 e. The van der Waals surface area contributed by atoms with E-state index in [2.05, 4.69) is 5.32 Å². The molecule has 0 aliphatic heterocycles. The van der Waals surface area contributed by atoms with Gasteiger partial charge in [0, 0.05) is 19.0 Å². The van der Waals surface area contributed by atoms with E-state index in [0.29, 0.717) is 13.1 Å². The molecule has 17 heavy (non-hydrogen) atoms. The monoisotopic (exact) mass is 236 g/mol. The number of aliphatic hydroxyl groups is 1. The summed E-state index contributed by atoms with van der Waals surface area (Å²) in [6.07, 6.45) is -0.462. The first-order chi connectivity index (χ1) is 8.04. The molecule has 2 unspecified atom stereocenters. The highest BCUT2D eigenvalue weighted by atomic mass is 16.3. The lowest BCUT2D eigenvalue weighted by Gasteiger charge is -2.10. The third kappa shape index (κ3) is 4.17. The van der Waals surface area contributed by atoms with E-state index in [4.69, 9.17) is 5.73 Å². The third-order valence-corrected chi connectivity index (χ3v) is 2.73. The van der Waals surface area contributed by atoms with Crippen molar-refractivity contribution in [3.05, 3.63) is 35.4 Å². The van der Waals surface area contributed by atoms with E-state index in [1.807, 2.05) is 24.3 Å². The topological polar surface area (TPSA) is 75.4 Å². The van der Waals surface area contributed by atoms with Crippen molar-refractivity contribution in [1.29, 1.82) is 0 Å². The number of carbonyl (C=O) groups is 1. The van der Waals surface area contributed by atoms with Gasteiger partial charge in [0.15, 0.2) is 0 Å². The van der Waals surface area contributed by atoms with E-state index in [0.717, 1.165) is 11.1 Å². The minimum atomic E-state index is -0.462. The van der Waals surface area contributed by atoms with E-state index in [1.54, 1.807) is 13.8 Å². The number of benzene rings is 1. The van der Waals surface area contributed by atoms with Gasteiger partial charge in [-0.1, -0.05) is 31.2 Å². The Labute approximate surface area is 102 Å². The second-order valence-corrected chi connectivity index (χ2v) is 4.27. The second-order valence-electron chi connectivity index (χ2n) is 4.27. The standard InChI is InChI=1S/C13H20N2O2/c1-9(7-14)13(17)15-8-11-3-5-12(6-4-11)10(2)16/h3-6,9-10,16H,7-8,14H2,1-2H3,(H,15,17). The largest absolute Gasteiger partial charge is 0.389 e. The molecule has 0 aliphatic carbocycles. The van der Waals surface area contributed by atoms with Gasteiger partial charge in [-0.05, 0) is 18.1 Å². The van der Waals surface area contributed by atoms with Crippen LogP contribution < -0.4 is 11.1 Å². The zero-order valence-electron chi connectivity index (χ0n) is 10.3. The summed E-state index contributed by atoms with van der Waals surface area (Å²) in [5.74, 6) is -0.196. The maximum Gasteiger partial charge on any atom is 0.224 e. The molecule has 0 radical (unpaired) electrons. The van der Waals surface area contributed by atoms with Crippen LogP contribution in [0.3, 0.4) is 0 Å². The zero-order valence-corrected chi connectivity index (χ0v) is 10.3. The molecule has 0 saturated heterocycles. The fraction of sp³-hybridized carbons (Fsp3) is 0.462. The molecule has 1 aromatic rings.